The molecule has 1 saturated heterocycles. The highest BCUT2D eigenvalue weighted by Gasteiger charge is 2.46. The lowest BCUT2D eigenvalue weighted by atomic mass is 9.68. The summed E-state index contributed by atoms with van der Waals surface area (Å²) >= 11 is 0. The molecule has 1 aromatic carbocycles. The summed E-state index contributed by atoms with van der Waals surface area (Å²) in [5.41, 5.74) is 2.23. The van der Waals surface area contributed by atoms with E-state index in [9.17, 15) is 15.0 Å². The first-order chi connectivity index (χ1) is 13.8. The Bertz CT molecular complexity index is 771. The lowest BCUT2D eigenvalue weighted by Gasteiger charge is -2.54. The second kappa shape index (κ2) is 8.10. The largest absolute Gasteiger partial charge is 0.507 e. The summed E-state index contributed by atoms with van der Waals surface area (Å²) in [6, 6.07) is 4.07. The van der Waals surface area contributed by atoms with Crippen LogP contribution in [0.4, 0.5) is 0 Å². The molecule has 31 heavy (non-hydrogen) atoms. The predicted molar refractivity (Wildman–Crippen MR) is 129 cm³/mol. The topological polar surface area (TPSA) is 60.8 Å². The second-order valence-corrected chi connectivity index (χ2v) is 13.0. The van der Waals surface area contributed by atoms with E-state index in [2.05, 4.69) is 81.2 Å². The van der Waals surface area contributed by atoms with Gasteiger partial charge in [-0.25, -0.2) is 0 Å². The molecule has 0 bridgehead atoms. The van der Waals surface area contributed by atoms with Crippen LogP contribution in [0.2, 0.25) is 0 Å². The van der Waals surface area contributed by atoms with Gasteiger partial charge in [-0.1, -0.05) is 53.7 Å². The zero-order chi connectivity index (χ0) is 24.2. The highest BCUT2D eigenvalue weighted by atomic mass is 16.4. The van der Waals surface area contributed by atoms with Crippen LogP contribution in [0, 0.1) is 11.8 Å². The van der Waals surface area contributed by atoms with Crippen LogP contribution in [0.25, 0.3) is 0 Å². The Labute approximate surface area is 190 Å². The van der Waals surface area contributed by atoms with E-state index in [0.29, 0.717) is 12.2 Å². The van der Waals surface area contributed by atoms with Gasteiger partial charge in [0.2, 0.25) is 0 Å². The van der Waals surface area contributed by atoms with Crippen LogP contribution in [0.3, 0.4) is 0 Å². The van der Waals surface area contributed by atoms with Crippen LogP contribution in [-0.4, -0.2) is 39.2 Å². The number of aliphatic carboxylic acids is 1. The van der Waals surface area contributed by atoms with Crippen molar-refractivity contribution in [2.75, 3.05) is 7.05 Å². The number of hydrogen-bond acceptors (Lipinski definition) is 3. The summed E-state index contributed by atoms with van der Waals surface area (Å²) in [5.74, 6) is -0.720. The van der Waals surface area contributed by atoms with E-state index in [0.717, 1.165) is 29.5 Å². The molecule has 1 aliphatic rings. The zero-order valence-corrected chi connectivity index (χ0v) is 21.7. The standard InChI is InChI=1S/C27H45NO3/c1-24(2,3)20-13-17(14-21(22(20)29)25(4,5)6)12-19(23(30)31)18-15-26(7,8)28(11)27(9,10)16-18/h13-14,18-19,29H,12,15-16H2,1-11H3,(H,30,31). The SMILES string of the molecule is CN1C(C)(C)CC(C(Cc2cc(C(C)(C)C)c(O)c(C(C)(C)C)c2)C(=O)O)CC1(C)C. The normalized spacial score (nSPS) is 21.1. The Hall–Kier alpha value is -1.55. The Morgan fingerprint density at radius 1 is 1.00 bits per heavy atom. The lowest BCUT2D eigenvalue weighted by molar-refractivity contribution is -0.146. The molecule has 0 aromatic heterocycles. The number of carboxylic acid groups (broad SMARTS) is 1. The number of nitrogens with zero attached hydrogens (tertiary/aromatic N) is 1. The van der Waals surface area contributed by atoms with E-state index >= 15 is 0 Å². The first-order valence-electron chi connectivity index (χ1n) is 11.6. The van der Waals surface area contributed by atoms with E-state index in [4.69, 9.17) is 0 Å². The van der Waals surface area contributed by atoms with Gasteiger partial charge in [0.1, 0.15) is 5.75 Å². The molecule has 0 spiro atoms. The maximum Gasteiger partial charge on any atom is 0.307 e. The average Bonchev–Trinajstić information content (AvgIpc) is 2.55. The monoisotopic (exact) mass is 431 g/mol. The molecule has 4 nitrogen and oxygen atoms in total. The Morgan fingerprint density at radius 3 is 1.71 bits per heavy atom. The Kier molecular flexibility index (Phi) is 6.72. The Balaban J connectivity index is 2.52. The number of benzene rings is 1. The van der Waals surface area contributed by atoms with Gasteiger partial charge in [0, 0.05) is 11.1 Å². The number of piperidine rings is 1. The summed E-state index contributed by atoms with van der Waals surface area (Å²) in [6.45, 7) is 21.4. The van der Waals surface area contributed by atoms with Crippen molar-refractivity contribution in [3.63, 3.8) is 0 Å². The molecule has 1 heterocycles. The number of phenols is 1. The minimum atomic E-state index is -0.719. The third-order valence-electron chi connectivity index (χ3n) is 7.47. The van der Waals surface area contributed by atoms with Gasteiger partial charge in [0.15, 0.2) is 0 Å². The first-order valence-corrected chi connectivity index (χ1v) is 11.6. The number of likely N-dealkylation sites (tertiary alicyclic amines) is 1. The molecule has 2 N–H and O–H groups in total. The van der Waals surface area contributed by atoms with Crippen molar-refractivity contribution in [1.82, 2.24) is 4.90 Å². The van der Waals surface area contributed by atoms with Crippen LogP contribution >= 0.6 is 0 Å². The smallest absolute Gasteiger partial charge is 0.307 e. The molecular weight excluding hydrogens is 386 g/mol. The van der Waals surface area contributed by atoms with Gasteiger partial charge >= 0.3 is 5.97 Å². The van der Waals surface area contributed by atoms with Crippen molar-refractivity contribution in [1.29, 1.82) is 0 Å². The number of carbonyl (C=O) groups is 1. The van der Waals surface area contributed by atoms with Crippen molar-refractivity contribution in [2.24, 2.45) is 11.8 Å². The van der Waals surface area contributed by atoms with Crippen molar-refractivity contribution in [3.05, 3.63) is 28.8 Å². The quantitative estimate of drug-likeness (QED) is 0.602. The minimum Gasteiger partial charge on any atom is -0.507 e. The number of hydrogen-bond donors (Lipinski definition) is 2. The van der Waals surface area contributed by atoms with E-state index in [1.54, 1.807) is 0 Å². The summed E-state index contributed by atoms with van der Waals surface area (Å²) < 4.78 is 0. The molecule has 1 fully saturated rings. The zero-order valence-electron chi connectivity index (χ0n) is 21.7. The van der Waals surface area contributed by atoms with Gasteiger partial charge in [-0.15, -0.1) is 0 Å². The molecule has 1 aliphatic heterocycles. The number of rotatable bonds is 4. The summed E-state index contributed by atoms with van der Waals surface area (Å²) in [4.78, 5) is 14.9. The summed E-state index contributed by atoms with van der Waals surface area (Å²) in [7, 11) is 2.15. The second-order valence-electron chi connectivity index (χ2n) is 13.0. The molecule has 4 heteroatoms. The molecule has 0 aliphatic carbocycles. The minimum absolute atomic E-state index is 0.0534. The number of aromatic hydroxyl groups is 1. The van der Waals surface area contributed by atoms with Gasteiger partial charge < -0.3 is 10.2 Å². The molecular formula is C27H45NO3. The molecule has 1 aromatic rings. The molecule has 0 radical (unpaired) electrons. The fourth-order valence-corrected chi connectivity index (χ4v) is 5.40. The molecule has 0 amide bonds. The van der Waals surface area contributed by atoms with E-state index in [-0.39, 0.29) is 27.8 Å². The summed E-state index contributed by atoms with van der Waals surface area (Å²) in [6.07, 6.45) is 2.21. The van der Waals surface area contributed by atoms with Gasteiger partial charge in [0.05, 0.1) is 5.92 Å². The maximum absolute atomic E-state index is 12.5. The highest BCUT2D eigenvalue weighted by Crippen LogP contribution is 2.45. The van der Waals surface area contributed by atoms with Crippen LogP contribution in [0.1, 0.15) is 98.8 Å². The molecule has 2 rings (SSSR count). The third-order valence-corrected chi connectivity index (χ3v) is 7.47. The van der Waals surface area contributed by atoms with Gasteiger partial charge in [0.25, 0.3) is 0 Å². The predicted octanol–water partition coefficient (Wildman–Crippen LogP) is 6.13. The summed E-state index contributed by atoms with van der Waals surface area (Å²) in [5, 5.41) is 21.3. The van der Waals surface area contributed by atoms with Crippen LogP contribution < -0.4 is 0 Å². The van der Waals surface area contributed by atoms with Gasteiger partial charge in [-0.3, -0.25) is 9.69 Å². The van der Waals surface area contributed by atoms with Crippen LogP contribution in [0.5, 0.6) is 5.75 Å². The van der Waals surface area contributed by atoms with Crippen molar-refractivity contribution in [3.8, 4) is 5.75 Å². The number of carboxylic acids is 1. The Morgan fingerprint density at radius 2 is 1.39 bits per heavy atom. The third kappa shape index (κ3) is 5.45. The van der Waals surface area contributed by atoms with Crippen molar-refractivity contribution >= 4 is 5.97 Å². The maximum atomic E-state index is 12.5. The van der Waals surface area contributed by atoms with E-state index in [1.165, 1.54) is 0 Å². The molecule has 1 unspecified atom stereocenters. The van der Waals surface area contributed by atoms with Gasteiger partial charge in [-0.05, 0) is 87.4 Å². The highest BCUT2D eigenvalue weighted by molar-refractivity contribution is 5.71. The fraction of sp³-hybridized carbons (Fsp3) is 0.741. The van der Waals surface area contributed by atoms with Gasteiger partial charge in [-0.2, -0.15) is 0 Å². The van der Waals surface area contributed by atoms with Crippen molar-refractivity contribution in [2.45, 2.75) is 110 Å². The van der Waals surface area contributed by atoms with Crippen molar-refractivity contribution < 1.29 is 15.0 Å². The lowest BCUT2D eigenvalue weighted by Crippen LogP contribution is -2.59. The first kappa shape index (κ1) is 25.7. The number of phenolic OH excluding ortho intramolecular Hbond substituents is 1. The van der Waals surface area contributed by atoms with E-state index in [1.807, 2.05) is 12.1 Å². The molecule has 176 valence electrons. The average molecular weight is 432 g/mol. The fourth-order valence-electron chi connectivity index (χ4n) is 5.40. The van der Waals surface area contributed by atoms with Crippen LogP contribution in [-0.2, 0) is 22.0 Å². The molecule has 1 atom stereocenters. The van der Waals surface area contributed by atoms with Crippen LogP contribution in [0.15, 0.2) is 12.1 Å². The van der Waals surface area contributed by atoms with E-state index < -0.39 is 11.9 Å². The molecule has 0 saturated carbocycles.